The number of hydrogen-bond donors (Lipinski definition) is 4. The zero-order valence-electron chi connectivity index (χ0n) is 23.2. The van der Waals surface area contributed by atoms with E-state index in [0.717, 1.165) is 42.7 Å². The Hall–Kier alpha value is -2.97. The molecule has 1 aromatic heterocycles. The molecule has 6 atom stereocenters. The van der Waals surface area contributed by atoms with Gasteiger partial charge in [-0.15, -0.1) is 0 Å². The lowest BCUT2D eigenvalue weighted by atomic mass is 9.74. The predicted molar refractivity (Wildman–Crippen MR) is 150 cm³/mol. The molecule has 13 heteroatoms. The van der Waals surface area contributed by atoms with Gasteiger partial charge in [0.25, 0.3) is 0 Å². The molecule has 1 spiro atoms. The molecule has 220 valence electrons. The summed E-state index contributed by atoms with van der Waals surface area (Å²) in [5.41, 5.74) is 8.39. The number of morpholine rings is 1. The van der Waals surface area contributed by atoms with Gasteiger partial charge in [-0.2, -0.15) is 4.31 Å². The zero-order valence-corrected chi connectivity index (χ0v) is 24.0. The summed E-state index contributed by atoms with van der Waals surface area (Å²) in [6, 6.07) is 7.63. The van der Waals surface area contributed by atoms with Gasteiger partial charge >= 0.3 is 0 Å². The monoisotopic (exact) mass is 584 g/mol. The number of pyridine rings is 1. The quantitative estimate of drug-likeness (QED) is 0.380. The number of aromatic nitrogens is 1. The second-order valence-electron chi connectivity index (χ2n) is 11.6. The number of fused-ring (bicyclic) bond motifs is 3. The van der Waals surface area contributed by atoms with E-state index in [1.54, 1.807) is 7.11 Å². The molecule has 2 aromatic rings. The maximum absolute atomic E-state index is 13.1. The molecule has 1 aromatic carbocycles. The Kier molecular flexibility index (Phi) is 6.62. The van der Waals surface area contributed by atoms with Crippen molar-refractivity contribution in [3.8, 4) is 11.5 Å². The fraction of sp³-hybridized carbons (Fsp3) is 0.571. The molecule has 0 radical (unpaired) electrons. The summed E-state index contributed by atoms with van der Waals surface area (Å²) in [5, 5.41) is 6.54. The number of carbonyl (C=O) groups is 1. The number of benzene rings is 1. The van der Waals surface area contributed by atoms with Gasteiger partial charge in [0, 0.05) is 43.0 Å². The molecule has 1 amide bonds. The third-order valence-corrected chi connectivity index (χ3v) is 11.6. The standard InChI is InChI=1S/C28H36N6O6S/c1-38-17-4-6-22-20(12-17)28(27(35)30-22)14-21(28)16-3-5-19-23(11-16)32-33-25(19)31-26-24(39-2)13-18(15-29-26)41(36,37)34-7-9-40-10-8-34/h4,6,12-13,15-16,19,21,23,25,32-33H,3,5,7-11,14H2,1-2H3,(H,29,31)(H,30,35)/t16?,19?,21-,23?,25?,28-/m0/s1. The maximum Gasteiger partial charge on any atom is 0.244 e. The second-order valence-corrected chi connectivity index (χ2v) is 13.6. The Morgan fingerprint density at radius 2 is 1.95 bits per heavy atom. The minimum Gasteiger partial charge on any atom is -0.497 e. The van der Waals surface area contributed by atoms with Crippen LogP contribution in [-0.2, 0) is 25.0 Å². The molecule has 0 bridgehead atoms. The van der Waals surface area contributed by atoms with Gasteiger partial charge in [0.2, 0.25) is 15.9 Å². The number of hydrazine groups is 1. The van der Waals surface area contributed by atoms with E-state index >= 15 is 0 Å². The normalized spacial score (nSPS) is 32.7. The predicted octanol–water partition coefficient (Wildman–Crippen LogP) is 1.66. The van der Waals surface area contributed by atoms with E-state index in [-0.39, 0.29) is 23.0 Å². The van der Waals surface area contributed by atoms with Gasteiger partial charge in [0.15, 0.2) is 11.6 Å². The molecular weight excluding hydrogens is 548 g/mol. The van der Waals surface area contributed by atoms with Gasteiger partial charge in [-0.05, 0) is 61.3 Å². The first-order valence-electron chi connectivity index (χ1n) is 14.2. The number of ether oxygens (including phenoxy) is 3. The van der Waals surface area contributed by atoms with Crippen LogP contribution in [0.4, 0.5) is 11.5 Å². The number of nitrogens with zero attached hydrogens (tertiary/aromatic N) is 2. The number of hydrogen-bond acceptors (Lipinski definition) is 10. The van der Waals surface area contributed by atoms with Crippen molar-refractivity contribution in [3.63, 3.8) is 0 Å². The first kappa shape index (κ1) is 26.9. The zero-order chi connectivity index (χ0) is 28.4. The van der Waals surface area contributed by atoms with E-state index in [0.29, 0.717) is 55.6 Å². The van der Waals surface area contributed by atoms with E-state index < -0.39 is 15.4 Å². The molecule has 5 aliphatic rings. The van der Waals surface area contributed by atoms with E-state index in [1.165, 1.54) is 23.7 Å². The highest BCUT2D eigenvalue weighted by Gasteiger charge is 2.67. The van der Waals surface area contributed by atoms with Gasteiger partial charge in [-0.1, -0.05) is 0 Å². The molecule has 2 saturated carbocycles. The van der Waals surface area contributed by atoms with Gasteiger partial charge in [0.1, 0.15) is 10.6 Å². The molecule has 7 rings (SSSR count). The summed E-state index contributed by atoms with van der Waals surface area (Å²) in [5.74, 6) is 2.80. The van der Waals surface area contributed by atoms with Crippen LogP contribution in [0.15, 0.2) is 35.4 Å². The highest BCUT2D eigenvalue weighted by molar-refractivity contribution is 7.89. The lowest BCUT2D eigenvalue weighted by molar-refractivity contribution is -0.118. The second kappa shape index (κ2) is 10.1. The number of nitrogens with one attached hydrogen (secondary N) is 4. The van der Waals surface area contributed by atoms with Crippen molar-refractivity contribution in [2.45, 2.75) is 48.2 Å². The van der Waals surface area contributed by atoms with Crippen LogP contribution in [0.1, 0.15) is 31.2 Å². The molecule has 4 unspecified atom stereocenters. The van der Waals surface area contributed by atoms with Crippen molar-refractivity contribution in [3.05, 3.63) is 36.0 Å². The minimum atomic E-state index is -3.68. The van der Waals surface area contributed by atoms with Crippen molar-refractivity contribution in [1.29, 1.82) is 0 Å². The summed E-state index contributed by atoms with van der Waals surface area (Å²) in [6.45, 7) is 1.40. The first-order chi connectivity index (χ1) is 19.8. The molecule has 3 aliphatic heterocycles. The first-order valence-corrected chi connectivity index (χ1v) is 15.7. The minimum absolute atomic E-state index is 0.100. The fourth-order valence-electron chi connectivity index (χ4n) is 7.43. The van der Waals surface area contributed by atoms with Crippen LogP contribution in [0.5, 0.6) is 11.5 Å². The number of anilines is 2. The summed E-state index contributed by atoms with van der Waals surface area (Å²) in [7, 11) is -0.516. The van der Waals surface area contributed by atoms with Crippen LogP contribution >= 0.6 is 0 Å². The van der Waals surface area contributed by atoms with Crippen molar-refractivity contribution >= 4 is 27.4 Å². The third-order valence-electron chi connectivity index (χ3n) is 9.69. The van der Waals surface area contributed by atoms with Crippen LogP contribution in [0, 0.1) is 17.8 Å². The van der Waals surface area contributed by atoms with Crippen LogP contribution < -0.4 is 31.0 Å². The fourth-order valence-corrected chi connectivity index (χ4v) is 8.80. The Balaban J connectivity index is 1.03. The Morgan fingerprint density at radius 3 is 2.73 bits per heavy atom. The summed E-state index contributed by atoms with van der Waals surface area (Å²) < 4.78 is 43.9. The Bertz CT molecular complexity index is 1470. The topological polar surface area (TPSA) is 143 Å². The van der Waals surface area contributed by atoms with Crippen molar-refractivity contribution in [2.75, 3.05) is 51.2 Å². The Labute approximate surface area is 239 Å². The average Bonchev–Trinajstić information content (AvgIpc) is 3.55. The van der Waals surface area contributed by atoms with E-state index in [9.17, 15) is 13.2 Å². The highest BCUT2D eigenvalue weighted by atomic mass is 32.2. The average molecular weight is 585 g/mol. The van der Waals surface area contributed by atoms with Crippen LogP contribution in [-0.4, -0.2) is 76.3 Å². The van der Waals surface area contributed by atoms with Crippen LogP contribution in [0.3, 0.4) is 0 Å². The van der Waals surface area contributed by atoms with Gasteiger partial charge < -0.3 is 24.8 Å². The number of amides is 1. The molecule has 2 aliphatic carbocycles. The van der Waals surface area contributed by atoms with E-state index in [4.69, 9.17) is 14.2 Å². The number of methoxy groups -OCH3 is 2. The number of rotatable bonds is 7. The SMILES string of the molecule is COc1ccc2c(c1)[C@]1(C[C@H]1C1CCC3C(C1)NNC3Nc1ncc(S(=O)(=O)N3CCOCC3)cc1OC)C(=O)N2. The third kappa shape index (κ3) is 4.36. The van der Waals surface area contributed by atoms with Gasteiger partial charge in [-0.3, -0.25) is 10.2 Å². The smallest absolute Gasteiger partial charge is 0.244 e. The molecule has 4 heterocycles. The Morgan fingerprint density at radius 1 is 1.12 bits per heavy atom. The molecule has 12 nitrogen and oxygen atoms in total. The molecule has 41 heavy (non-hydrogen) atoms. The number of carbonyl (C=O) groups excluding carboxylic acids is 1. The van der Waals surface area contributed by atoms with Crippen LogP contribution in [0.25, 0.3) is 0 Å². The molecule has 4 N–H and O–H groups in total. The van der Waals surface area contributed by atoms with Crippen molar-refractivity contribution in [1.82, 2.24) is 20.1 Å². The van der Waals surface area contributed by atoms with E-state index in [2.05, 4.69) is 26.5 Å². The molecule has 2 saturated heterocycles. The summed E-state index contributed by atoms with van der Waals surface area (Å²) in [6.07, 6.45) is 5.14. The summed E-state index contributed by atoms with van der Waals surface area (Å²) >= 11 is 0. The largest absolute Gasteiger partial charge is 0.497 e. The maximum atomic E-state index is 13.1. The van der Waals surface area contributed by atoms with Gasteiger partial charge in [0.05, 0.1) is 39.0 Å². The highest BCUT2D eigenvalue weighted by Crippen LogP contribution is 2.65. The lowest BCUT2D eigenvalue weighted by Gasteiger charge is -2.34. The van der Waals surface area contributed by atoms with Crippen molar-refractivity contribution in [2.24, 2.45) is 17.8 Å². The lowest BCUT2D eigenvalue weighted by Crippen LogP contribution is -2.40. The van der Waals surface area contributed by atoms with E-state index in [1.807, 2.05) is 18.2 Å². The van der Waals surface area contributed by atoms with Crippen molar-refractivity contribution < 1.29 is 27.4 Å². The summed E-state index contributed by atoms with van der Waals surface area (Å²) in [4.78, 5) is 17.7. The number of sulfonamides is 1. The van der Waals surface area contributed by atoms with Gasteiger partial charge in [-0.25, -0.2) is 18.8 Å². The molecular formula is C28H36N6O6S. The van der Waals surface area contributed by atoms with Crippen LogP contribution in [0.2, 0.25) is 0 Å². The molecule has 4 fully saturated rings.